The van der Waals surface area contributed by atoms with Crippen LogP contribution in [0.4, 0.5) is 5.69 Å². The predicted octanol–water partition coefficient (Wildman–Crippen LogP) is 3.73. The smallest absolute Gasteiger partial charge is 0.336 e. The van der Waals surface area contributed by atoms with Gasteiger partial charge in [-0.15, -0.1) is 0 Å². The normalized spacial score (nSPS) is 10.8. The summed E-state index contributed by atoms with van der Waals surface area (Å²) in [7, 11) is 0. The van der Waals surface area contributed by atoms with Gasteiger partial charge in [-0.25, -0.2) is 4.79 Å². The van der Waals surface area contributed by atoms with Gasteiger partial charge >= 0.3 is 5.63 Å². The Balaban J connectivity index is 1.97. The lowest BCUT2D eigenvalue weighted by molar-refractivity contribution is 0.471. The van der Waals surface area contributed by atoms with E-state index in [4.69, 9.17) is 4.42 Å². The van der Waals surface area contributed by atoms with Crippen LogP contribution < -0.4 is 10.9 Å². The Labute approximate surface area is 128 Å². The first-order chi connectivity index (χ1) is 10.5. The number of benzene rings is 2. The van der Waals surface area contributed by atoms with Gasteiger partial charge in [0.05, 0.1) is 0 Å². The zero-order valence-corrected chi connectivity index (χ0v) is 12.5. The van der Waals surface area contributed by atoms with Crippen molar-refractivity contribution >= 4 is 16.7 Å². The van der Waals surface area contributed by atoms with Crippen molar-refractivity contribution in [3.63, 3.8) is 0 Å². The second kappa shape index (κ2) is 5.56. The van der Waals surface area contributed by atoms with Gasteiger partial charge in [-0.1, -0.05) is 17.7 Å². The first-order valence-electron chi connectivity index (χ1n) is 7.10. The van der Waals surface area contributed by atoms with Crippen LogP contribution in [0.15, 0.2) is 51.7 Å². The molecule has 1 aromatic heterocycles. The summed E-state index contributed by atoms with van der Waals surface area (Å²) in [4.78, 5) is 11.7. The van der Waals surface area contributed by atoms with Gasteiger partial charge in [-0.05, 0) is 49.2 Å². The molecule has 0 radical (unpaired) electrons. The van der Waals surface area contributed by atoms with Gasteiger partial charge in [-0.2, -0.15) is 0 Å². The van der Waals surface area contributed by atoms with E-state index in [9.17, 15) is 9.90 Å². The third-order valence-electron chi connectivity index (χ3n) is 3.68. The van der Waals surface area contributed by atoms with Gasteiger partial charge in [0.15, 0.2) is 0 Å². The number of aryl methyl sites for hydroxylation is 2. The van der Waals surface area contributed by atoms with Crippen LogP contribution in [-0.2, 0) is 6.54 Å². The molecule has 0 atom stereocenters. The van der Waals surface area contributed by atoms with Crippen molar-refractivity contribution in [2.24, 2.45) is 0 Å². The summed E-state index contributed by atoms with van der Waals surface area (Å²) >= 11 is 0. The van der Waals surface area contributed by atoms with Crippen molar-refractivity contribution in [3.05, 3.63) is 69.6 Å². The van der Waals surface area contributed by atoms with Crippen LogP contribution in [0, 0.1) is 13.8 Å². The Kier molecular flexibility index (Phi) is 3.59. The summed E-state index contributed by atoms with van der Waals surface area (Å²) in [5, 5.41) is 13.9. The van der Waals surface area contributed by atoms with E-state index in [2.05, 4.69) is 5.32 Å². The van der Waals surface area contributed by atoms with E-state index >= 15 is 0 Å². The van der Waals surface area contributed by atoms with Gasteiger partial charge in [0.25, 0.3) is 0 Å². The topological polar surface area (TPSA) is 62.5 Å². The van der Waals surface area contributed by atoms with Gasteiger partial charge in [0.2, 0.25) is 0 Å². The molecule has 2 aromatic carbocycles. The van der Waals surface area contributed by atoms with Crippen LogP contribution in [0.5, 0.6) is 5.75 Å². The van der Waals surface area contributed by atoms with Gasteiger partial charge in [0, 0.05) is 23.7 Å². The number of hydrogen-bond acceptors (Lipinski definition) is 4. The maximum atomic E-state index is 11.7. The SMILES string of the molecule is Cc1ccc(NCc2cc(=O)oc3cc(C)c(O)cc23)cc1. The molecule has 0 aliphatic rings. The molecule has 22 heavy (non-hydrogen) atoms. The molecule has 2 N–H and O–H groups in total. The number of aromatic hydroxyl groups is 1. The largest absolute Gasteiger partial charge is 0.508 e. The third kappa shape index (κ3) is 2.81. The number of phenols is 1. The fraction of sp³-hybridized carbons (Fsp3) is 0.167. The van der Waals surface area contributed by atoms with E-state index in [0.29, 0.717) is 17.7 Å². The van der Waals surface area contributed by atoms with E-state index in [0.717, 1.165) is 16.6 Å². The third-order valence-corrected chi connectivity index (χ3v) is 3.68. The Morgan fingerprint density at radius 3 is 2.55 bits per heavy atom. The van der Waals surface area contributed by atoms with Crippen LogP contribution >= 0.6 is 0 Å². The van der Waals surface area contributed by atoms with E-state index in [1.54, 1.807) is 19.1 Å². The summed E-state index contributed by atoms with van der Waals surface area (Å²) in [5.74, 6) is 0.193. The summed E-state index contributed by atoms with van der Waals surface area (Å²) in [6.07, 6.45) is 0. The minimum absolute atomic E-state index is 0.193. The van der Waals surface area contributed by atoms with E-state index in [-0.39, 0.29) is 5.75 Å². The van der Waals surface area contributed by atoms with Crippen molar-refractivity contribution in [1.29, 1.82) is 0 Å². The summed E-state index contributed by atoms with van der Waals surface area (Å²) in [5.41, 5.74) is 3.74. The average Bonchev–Trinajstić information content (AvgIpc) is 2.48. The molecule has 3 rings (SSSR count). The fourth-order valence-electron chi connectivity index (χ4n) is 2.38. The second-order valence-electron chi connectivity index (χ2n) is 5.45. The highest BCUT2D eigenvalue weighted by atomic mass is 16.4. The molecule has 0 fully saturated rings. The van der Waals surface area contributed by atoms with Crippen LogP contribution in [0.2, 0.25) is 0 Å². The van der Waals surface area contributed by atoms with Crippen molar-refractivity contribution in [2.45, 2.75) is 20.4 Å². The minimum Gasteiger partial charge on any atom is -0.508 e. The molecule has 0 unspecified atom stereocenters. The lowest BCUT2D eigenvalue weighted by Gasteiger charge is -2.10. The first kappa shape index (κ1) is 14.2. The van der Waals surface area contributed by atoms with Gasteiger partial charge < -0.3 is 14.8 Å². The van der Waals surface area contributed by atoms with Crippen LogP contribution in [-0.4, -0.2) is 5.11 Å². The predicted molar refractivity (Wildman–Crippen MR) is 87.4 cm³/mol. The van der Waals surface area contributed by atoms with Gasteiger partial charge in [-0.3, -0.25) is 0 Å². The molecule has 0 saturated carbocycles. The average molecular weight is 295 g/mol. The summed E-state index contributed by atoms with van der Waals surface area (Å²) in [6, 6.07) is 12.8. The molecule has 0 saturated heterocycles. The van der Waals surface area contributed by atoms with Crippen LogP contribution in [0.25, 0.3) is 11.0 Å². The molecule has 0 amide bonds. The maximum absolute atomic E-state index is 11.7. The number of nitrogens with one attached hydrogen (secondary N) is 1. The molecule has 0 aliphatic carbocycles. The Morgan fingerprint density at radius 2 is 1.82 bits per heavy atom. The molecule has 1 heterocycles. The molecule has 0 aliphatic heterocycles. The van der Waals surface area contributed by atoms with Crippen LogP contribution in [0.1, 0.15) is 16.7 Å². The lowest BCUT2D eigenvalue weighted by Crippen LogP contribution is -2.06. The highest BCUT2D eigenvalue weighted by molar-refractivity contribution is 5.83. The Morgan fingerprint density at radius 1 is 1.09 bits per heavy atom. The Hall–Kier alpha value is -2.75. The molecule has 112 valence electrons. The standard InChI is InChI=1S/C18H17NO3/c1-11-3-5-14(6-4-11)19-10-13-8-18(21)22-17-7-12(2)16(20)9-15(13)17/h3-9,19-20H,10H2,1-2H3. The maximum Gasteiger partial charge on any atom is 0.336 e. The molecule has 4 nitrogen and oxygen atoms in total. The minimum atomic E-state index is -0.390. The van der Waals surface area contributed by atoms with E-state index < -0.39 is 5.63 Å². The quantitative estimate of drug-likeness (QED) is 0.723. The monoisotopic (exact) mass is 295 g/mol. The number of rotatable bonds is 3. The molecule has 0 bridgehead atoms. The van der Waals surface area contributed by atoms with Crippen molar-refractivity contribution < 1.29 is 9.52 Å². The fourth-order valence-corrected chi connectivity index (χ4v) is 2.38. The molecule has 3 aromatic rings. The second-order valence-corrected chi connectivity index (χ2v) is 5.45. The Bertz CT molecular complexity index is 879. The molecular formula is C18H17NO3. The molecule has 0 spiro atoms. The summed E-state index contributed by atoms with van der Waals surface area (Å²) < 4.78 is 5.21. The zero-order valence-electron chi connectivity index (χ0n) is 12.5. The van der Waals surface area contributed by atoms with Crippen molar-refractivity contribution in [3.8, 4) is 5.75 Å². The highest BCUT2D eigenvalue weighted by Crippen LogP contribution is 2.26. The van der Waals surface area contributed by atoms with E-state index in [1.165, 1.54) is 11.6 Å². The number of phenolic OH excluding ortho intramolecular Hbond substituents is 1. The van der Waals surface area contributed by atoms with Crippen molar-refractivity contribution in [1.82, 2.24) is 0 Å². The molecule has 4 heteroatoms. The molecular weight excluding hydrogens is 278 g/mol. The van der Waals surface area contributed by atoms with Crippen LogP contribution in [0.3, 0.4) is 0 Å². The number of fused-ring (bicyclic) bond motifs is 1. The number of hydrogen-bond donors (Lipinski definition) is 2. The lowest BCUT2D eigenvalue weighted by atomic mass is 10.1. The number of anilines is 1. The summed E-state index contributed by atoms with van der Waals surface area (Å²) in [6.45, 7) is 4.28. The van der Waals surface area contributed by atoms with E-state index in [1.807, 2.05) is 31.2 Å². The van der Waals surface area contributed by atoms with Gasteiger partial charge in [0.1, 0.15) is 11.3 Å². The first-order valence-corrected chi connectivity index (χ1v) is 7.10. The zero-order chi connectivity index (χ0) is 15.7. The van der Waals surface area contributed by atoms with Crippen molar-refractivity contribution in [2.75, 3.05) is 5.32 Å². The highest BCUT2D eigenvalue weighted by Gasteiger charge is 2.08.